The number of nitrogens with one attached hydrogen (secondary N) is 1. The van der Waals surface area contributed by atoms with E-state index in [-0.39, 0.29) is 24.5 Å². The summed E-state index contributed by atoms with van der Waals surface area (Å²) in [4.78, 5) is 11.7. The van der Waals surface area contributed by atoms with Crippen molar-refractivity contribution in [3.63, 3.8) is 0 Å². The van der Waals surface area contributed by atoms with Crippen LogP contribution in [0.3, 0.4) is 0 Å². The van der Waals surface area contributed by atoms with E-state index in [2.05, 4.69) is 55.6 Å². The van der Waals surface area contributed by atoms with Crippen molar-refractivity contribution in [2.75, 3.05) is 6.61 Å². The fraction of sp³-hybridized carbons (Fsp3) is 0.233. The van der Waals surface area contributed by atoms with Crippen molar-refractivity contribution in [1.29, 1.82) is 0 Å². The quantitative estimate of drug-likeness (QED) is 0.265. The van der Waals surface area contributed by atoms with Gasteiger partial charge in [-0.25, -0.2) is 4.79 Å². The van der Waals surface area contributed by atoms with Gasteiger partial charge in [-0.2, -0.15) is 0 Å². The molecule has 0 aliphatic carbocycles. The lowest BCUT2D eigenvalue weighted by molar-refractivity contribution is 0.0696. The van der Waals surface area contributed by atoms with E-state index in [0.717, 1.165) is 38.8 Å². The van der Waals surface area contributed by atoms with Crippen molar-refractivity contribution in [2.24, 2.45) is 0 Å². The van der Waals surface area contributed by atoms with Gasteiger partial charge >= 0.3 is 5.97 Å². The van der Waals surface area contributed by atoms with Crippen molar-refractivity contribution < 1.29 is 14.6 Å². The van der Waals surface area contributed by atoms with Crippen molar-refractivity contribution in [3.05, 3.63) is 101 Å². The highest BCUT2D eigenvalue weighted by Gasteiger charge is 2.16. The Morgan fingerprint density at radius 1 is 0.914 bits per heavy atom. The van der Waals surface area contributed by atoms with E-state index in [9.17, 15) is 9.90 Å². The topological polar surface area (TPSA) is 58.6 Å². The van der Waals surface area contributed by atoms with Gasteiger partial charge in [-0.15, -0.1) is 12.4 Å². The first-order chi connectivity index (χ1) is 16.4. The lowest BCUT2D eigenvalue weighted by Crippen LogP contribution is -2.22. The highest BCUT2D eigenvalue weighted by molar-refractivity contribution is 5.99. The molecule has 4 rings (SSSR count). The number of carbonyl (C=O) groups is 1. The molecule has 0 aromatic heterocycles. The maximum Gasteiger partial charge on any atom is 0.335 e. The Hall–Kier alpha value is -3.34. The molecule has 0 aliphatic heterocycles. The lowest BCUT2D eigenvalue weighted by Gasteiger charge is -2.23. The fourth-order valence-electron chi connectivity index (χ4n) is 4.45. The molecule has 4 aromatic rings. The first-order valence-electron chi connectivity index (χ1n) is 11.7. The molecule has 2 N–H and O–H groups in total. The van der Waals surface area contributed by atoms with E-state index in [4.69, 9.17) is 4.74 Å². The van der Waals surface area contributed by atoms with Crippen LogP contribution in [-0.2, 0) is 0 Å². The van der Waals surface area contributed by atoms with Gasteiger partial charge in [0.25, 0.3) is 0 Å². The second-order valence-electron chi connectivity index (χ2n) is 8.74. The van der Waals surface area contributed by atoms with Gasteiger partial charge in [0.15, 0.2) is 0 Å². The van der Waals surface area contributed by atoms with E-state index in [0.29, 0.717) is 12.2 Å². The Kier molecular flexibility index (Phi) is 8.55. The second kappa shape index (κ2) is 11.4. The summed E-state index contributed by atoms with van der Waals surface area (Å²) in [6.45, 7) is 8.78. The molecule has 0 radical (unpaired) electrons. The molecule has 0 heterocycles. The Balaban J connectivity index is 0.00000342. The summed E-state index contributed by atoms with van der Waals surface area (Å²) in [7, 11) is 0. The summed E-state index contributed by atoms with van der Waals surface area (Å²) in [6.07, 6.45) is 0. The monoisotopic (exact) mass is 489 g/mol. The zero-order valence-corrected chi connectivity index (χ0v) is 21.4. The number of aromatic carboxylic acids is 1. The summed E-state index contributed by atoms with van der Waals surface area (Å²) in [6, 6.07) is 26.7. The van der Waals surface area contributed by atoms with Crippen LogP contribution in [0.5, 0.6) is 5.75 Å². The third-order valence-electron chi connectivity index (χ3n) is 6.33. The van der Waals surface area contributed by atoms with Gasteiger partial charge in [0.1, 0.15) is 5.75 Å². The van der Waals surface area contributed by atoms with Crippen LogP contribution in [0.4, 0.5) is 0 Å². The molecule has 0 saturated heterocycles. The van der Waals surface area contributed by atoms with E-state index in [1.54, 1.807) is 6.07 Å². The summed E-state index contributed by atoms with van der Waals surface area (Å²) >= 11 is 0. The number of fused-ring (bicyclic) bond motifs is 1. The van der Waals surface area contributed by atoms with Gasteiger partial charge in [-0.05, 0) is 96.6 Å². The fourth-order valence-corrected chi connectivity index (χ4v) is 4.45. The molecule has 2 unspecified atom stereocenters. The number of rotatable bonds is 8. The first-order valence-corrected chi connectivity index (χ1v) is 11.7. The zero-order chi connectivity index (χ0) is 24.2. The molecule has 5 heteroatoms. The van der Waals surface area contributed by atoms with Crippen LogP contribution < -0.4 is 10.1 Å². The Labute approximate surface area is 213 Å². The van der Waals surface area contributed by atoms with Gasteiger partial charge in [-0.3, -0.25) is 0 Å². The van der Waals surface area contributed by atoms with Crippen molar-refractivity contribution >= 4 is 29.1 Å². The molecule has 4 nitrogen and oxygen atoms in total. The molecule has 4 aromatic carbocycles. The molecule has 182 valence electrons. The van der Waals surface area contributed by atoms with Crippen LogP contribution in [0.15, 0.2) is 78.9 Å². The van der Waals surface area contributed by atoms with Crippen molar-refractivity contribution in [2.45, 2.75) is 39.8 Å². The highest BCUT2D eigenvalue weighted by Crippen LogP contribution is 2.34. The van der Waals surface area contributed by atoms with E-state index in [1.807, 2.05) is 50.2 Å². The van der Waals surface area contributed by atoms with E-state index in [1.165, 1.54) is 5.56 Å². The third kappa shape index (κ3) is 5.84. The minimum absolute atomic E-state index is 0. The predicted molar refractivity (Wildman–Crippen MR) is 146 cm³/mol. The molecule has 35 heavy (non-hydrogen) atoms. The summed E-state index contributed by atoms with van der Waals surface area (Å²) in [5.41, 5.74) is 5.36. The number of ether oxygens (including phenoxy) is 1. The van der Waals surface area contributed by atoms with Crippen LogP contribution in [0.1, 0.15) is 59.9 Å². The van der Waals surface area contributed by atoms with Crippen molar-refractivity contribution in [1.82, 2.24) is 5.32 Å². The molecule has 0 aliphatic rings. The maximum absolute atomic E-state index is 11.7. The van der Waals surface area contributed by atoms with Crippen LogP contribution in [0.25, 0.3) is 21.9 Å². The number of halogens is 1. The molecule has 0 saturated carbocycles. The largest absolute Gasteiger partial charge is 0.494 e. The molecule has 2 atom stereocenters. The maximum atomic E-state index is 11.7. The van der Waals surface area contributed by atoms with E-state index < -0.39 is 5.97 Å². The van der Waals surface area contributed by atoms with Crippen LogP contribution >= 0.6 is 12.4 Å². The summed E-state index contributed by atoms with van der Waals surface area (Å²) < 4.78 is 5.66. The van der Waals surface area contributed by atoms with Gasteiger partial charge < -0.3 is 15.2 Å². The number of benzene rings is 4. The first kappa shape index (κ1) is 26.3. The number of aryl methyl sites for hydroxylation is 1. The average Bonchev–Trinajstić information content (AvgIpc) is 2.84. The molecule has 0 fully saturated rings. The summed E-state index contributed by atoms with van der Waals surface area (Å²) in [5, 5.41) is 15.6. The minimum atomic E-state index is -0.905. The van der Waals surface area contributed by atoms with Crippen LogP contribution in [0.2, 0.25) is 0 Å². The lowest BCUT2D eigenvalue weighted by atomic mass is 9.91. The normalized spacial score (nSPS) is 12.6. The predicted octanol–water partition coefficient (Wildman–Crippen LogP) is 7.75. The molecular formula is C30H32ClNO3. The van der Waals surface area contributed by atoms with Crippen molar-refractivity contribution in [3.8, 4) is 16.9 Å². The van der Waals surface area contributed by atoms with Crippen LogP contribution in [-0.4, -0.2) is 17.7 Å². The number of hydrogen-bond donors (Lipinski definition) is 2. The Morgan fingerprint density at radius 3 is 2.40 bits per heavy atom. The average molecular weight is 490 g/mol. The smallest absolute Gasteiger partial charge is 0.335 e. The van der Waals surface area contributed by atoms with Gasteiger partial charge in [-0.1, -0.05) is 48.5 Å². The number of carboxylic acids is 1. The second-order valence-corrected chi connectivity index (χ2v) is 8.74. The Bertz CT molecular complexity index is 1330. The third-order valence-corrected chi connectivity index (χ3v) is 6.33. The minimum Gasteiger partial charge on any atom is -0.494 e. The van der Waals surface area contributed by atoms with E-state index >= 15 is 0 Å². The SMILES string of the molecule is CCOc1cccc(C(C)NC(C)c2cc(-c3ccc(C)c(C(=O)O)c3)c3ccccc3c2)c1.Cl. The Morgan fingerprint density at radius 2 is 1.66 bits per heavy atom. The number of hydrogen-bond acceptors (Lipinski definition) is 3. The molecule has 0 bridgehead atoms. The highest BCUT2D eigenvalue weighted by atomic mass is 35.5. The molecule has 0 spiro atoms. The standard InChI is InChI=1S/C30H31NO3.ClH/c1-5-34-26-11-8-10-22(16-26)20(3)31-21(4)25-15-23-9-6-7-12-27(23)29(18-25)24-14-13-19(2)28(17-24)30(32)33;/h6-18,20-21,31H,5H2,1-4H3,(H,32,33);1H. The number of carboxylic acid groups (broad SMARTS) is 1. The van der Waals surface area contributed by atoms with Gasteiger partial charge in [0, 0.05) is 12.1 Å². The molecular weight excluding hydrogens is 458 g/mol. The van der Waals surface area contributed by atoms with Gasteiger partial charge in [0.05, 0.1) is 12.2 Å². The van der Waals surface area contributed by atoms with Crippen LogP contribution in [0, 0.1) is 6.92 Å². The van der Waals surface area contributed by atoms with Gasteiger partial charge in [0.2, 0.25) is 0 Å². The zero-order valence-electron chi connectivity index (χ0n) is 20.5. The molecule has 0 amide bonds. The summed E-state index contributed by atoms with van der Waals surface area (Å²) in [5.74, 6) is -0.0270.